The highest BCUT2D eigenvalue weighted by molar-refractivity contribution is 5.79. The van der Waals surface area contributed by atoms with Crippen molar-refractivity contribution in [1.82, 2.24) is 15.0 Å². The third kappa shape index (κ3) is 1.80. The molecule has 6 heteroatoms. The summed E-state index contributed by atoms with van der Waals surface area (Å²) < 4.78 is 12.9. The third-order valence-electron chi connectivity index (χ3n) is 2.75. The van der Waals surface area contributed by atoms with Crippen molar-refractivity contribution in [3.8, 4) is 11.5 Å². The predicted molar refractivity (Wildman–Crippen MR) is 62.2 cm³/mol. The highest BCUT2D eigenvalue weighted by Crippen LogP contribution is 2.33. The summed E-state index contributed by atoms with van der Waals surface area (Å²) in [6.07, 6.45) is 0.882. The lowest BCUT2D eigenvalue weighted by molar-refractivity contribution is 0.172. The minimum Gasteiger partial charge on any atom is -0.486 e. The molecule has 0 saturated heterocycles. The molecule has 2 aromatic rings. The van der Waals surface area contributed by atoms with Gasteiger partial charge in [0.15, 0.2) is 11.5 Å². The first kappa shape index (κ1) is 10.3. The number of aromatic nitrogens is 3. The Labute approximate surface area is 98.3 Å². The second-order valence-corrected chi connectivity index (χ2v) is 3.94. The topological polar surface area (TPSA) is 75.2 Å². The van der Waals surface area contributed by atoms with E-state index in [2.05, 4.69) is 10.3 Å². The molecule has 0 fully saturated rings. The summed E-state index contributed by atoms with van der Waals surface area (Å²) in [7, 11) is 0. The van der Waals surface area contributed by atoms with Crippen LogP contribution in [0.15, 0.2) is 12.1 Å². The van der Waals surface area contributed by atoms with Crippen molar-refractivity contribution in [1.29, 1.82) is 0 Å². The van der Waals surface area contributed by atoms with Gasteiger partial charge < -0.3 is 15.2 Å². The fourth-order valence-corrected chi connectivity index (χ4v) is 1.91. The quantitative estimate of drug-likeness (QED) is 0.839. The highest BCUT2D eigenvalue weighted by Gasteiger charge is 2.15. The van der Waals surface area contributed by atoms with Crippen molar-refractivity contribution in [3.05, 3.63) is 12.1 Å². The zero-order valence-electron chi connectivity index (χ0n) is 9.43. The lowest BCUT2D eigenvalue weighted by Gasteiger charge is -2.17. The number of nitrogens with two attached hydrogens (primary N) is 1. The van der Waals surface area contributed by atoms with Crippen LogP contribution >= 0.6 is 0 Å². The van der Waals surface area contributed by atoms with E-state index in [9.17, 15) is 0 Å². The minimum absolute atomic E-state index is 0.583. The fourth-order valence-electron chi connectivity index (χ4n) is 1.91. The van der Waals surface area contributed by atoms with Gasteiger partial charge in [-0.05, 0) is 13.0 Å². The van der Waals surface area contributed by atoms with E-state index < -0.39 is 0 Å². The number of fused-ring (bicyclic) bond motifs is 2. The lowest BCUT2D eigenvalue weighted by Crippen LogP contribution is -2.15. The Morgan fingerprint density at radius 3 is 2.76 bits per heavy atom. The van der Waals surface area contributed by atoms with Crippen LogP contribution in [0.25, 0.3) is 11.0 Å². The van der Waals surface area contributed by atoms with Crippen LogP contribution in [0.5, 0.6) is 11.5 Å². The molecule has 3 rings (SSSR count). The molecule has 1 aromatic carbocycles. The van der Waals surface area contributed by atoms with E-state index in [1.165, 1.54) is 0 Å². The molecule has 0 spiro atoms. The molecule has 90 valence electrons. The number of aryl methyl sites for hydroxylation is 1. The van der Waals surface area contributed by atoms with Crippen molar-refractivity contribution in [2.45, 2.75) is 13.0 Å². The molecule has 0 atom stereocenters. The van der Waals surface area contributed by atoms with Gasteiger partial charge in [0.2, 0.25) is 0 Å². The maximum absolute atomic E-state index is 5.54. The van der Waals surface area contributed by atoms with Crippen LogP contribution in [-0.2, 0) is 6.54 Å². The van der Waals surface area contributed by atoms with Crippen LogP contribution in [0.3, 0.4) is 0 Å². The number of ether oxygens (including phenoxy) is 2. The summed E-state index contributed by atoms with van der Waals surface area (Å²) in [6, 6.07) is 3.80. The molecule has 6 nitrogen and oxygen atoms in total. The maximum atomic E-state index is 5.54. The van der Waals surface area contributed by atoms with E-state index in [1.54, 1.807) is 0 Å². The number of hydrogen-bond donors (Lipinski definition) is 1. The monoisotopic (exact) mass is 234 g/mol. The molecule has 0 unspecified atom stereocenters. The number of hydrogen-bond acceptors (Lipinski definition) is 5. The van der Waals surface area contributed by atoms with Crippen LogP contribution in [0.4, 0.5) is 0 Å². The van der Waals surface area contributed by atoms with Crippen LogP contribution in [0, 0.1) is 0 Å². The third-order valence-corrected chi connectivity index (χ3v) is 2.75. The molecule has 0 saturated carbocycles. The minimum atomic E-state index is 0.583. The highest BCUT2D eigenvalue weighted by atomic mass is 16.6. The van der Waals surface area contributed by atoms with Gasteiger partial charge in [0.1, 0.15) is 18.7 Å². The van der Waals surface area contributed by atoms with Crippen molar-refractivity contribution in [2.24, 2.45) is 5.73 Å². The molecule has 2 heterocycles. The summed E-state index contributed by atoms with van der Waals surface area (Å²) in [6.45, 7) is 2.58. The Kier molecular flexibility index (Phi) is 2.56. The van der Waals surface area contributed by atoms with Crippen LogP contribution in [0.2, 0.25) is 0 Å². The lowest BCUT2D eigenvalue weighted by atomic mass is 10.2. The van der Waals surface area contributed by atoms with Crippen LogP contribution in [-0.4, -0.2) is 34.8 Å². The van der Waals surface area contributed by atoms with Gasteiger partial charge in [0, 0.05) is 18.7 Å². The molecule has 17 heavy (non-hydrogen) atoms. The molecule has 1 aliphatic heterocycles. The first-order chi connectivity index (χ1) is 8.38. The second kappa shape index (κ2) is 4.21. The van der Waals surface area contributed by atoms with Crippen molar-refractivity contribution in [3.63, 3.8) is 0 Å². The zero-order valence-corrected chi connectivity index (χ0v) is 9.43. The standard InChI is InChI=1S/C11H14N4O2/c12-2-1-3-15-9-7-11-10(16-4-5-17-11)6-8(9)13-14-15/h6-7H,1-5,12H2. The molecular weight excluding hydrogens is 220 g/mol. The zero-order chi connectivity index (χ0) is 11.7. The first-order valence-electron chi connectivity index (χ1n) is 5.71. The van der Waals surface area contributed by atoms with E-state index >= 15 is 0 Å². The van der Waals surface area contributed by atoms with Crippen LogP contribution < -0.4 is 15.2 Å². The molecule has 0 amide bonds. The summed E-state index contributed by atoms with van der Waals surface area (Å²) >= 11 is 0. The van der Waals surface area contributed by atoms with Gasteiger partial charge in [-0.15, -0.1) is 5.10 Å². The van der Waals surface area contributed by atoms with E-state index in [1.807, 2.05) is 16.8 Å². The van der Waals surface area contributed by atoms with Gasteiger partial charge in [-0.3, -0.25) is 0 Å². The number of rotatable bonds is 3. The molecule has 0 aliphatic carbocycles. The molecule has 1 aliphatic rings. The Balaban J connectivity index is 2.03. The average Bonchev–Trinajstić information content (AvgIpc) is 2.76. The van der Waals surface area contributed by atoms with Crippen molar-refractivity contribution in [2.75, 3.05) is 19.8 Å². The Bertz CT molecular complexity index is 537. The van der Waals surface area contributed by atoms with E-state index in [0.29, 0.717) is 19.8 Å². The smallest absolute Gasteiger partial charge is 0.163 e. The molecule has 0 bridgehead atoms. The second-order valence-electron chi connectivity index (χ2n) is 3.94. The van der Waals surface area contributed by atoms with E-state index in [0.717, 1.165) is 35.5 Å². The van der Waals surface area contributed by atoms with E-state index in [-0.39, 0.29) is 0 Å². The molecular formula is C11H14N4O2. The summed E-state index contributed by atoms with van der Waals surface area (Å²) in [5.74, 6) is 1.51. The number of nitrogens with zero attached hydrogens (tertiary/aromatic N) is 3. The molecule has 0 radical (unpaired) electrons. The van der Waals surface area contributed by atoms with Gasteiger partial charge in [-0.25, -0.2) is 4.68 Å². The predicted octanol–water partition coefficient (Wildman–Crippen LogP) is 0.551. The van der Waals surface area contributed by atoms with Crippen LogP contribution in [0.1, 0.15) is 6.42 Å². The largest absolute Gasteiger partial charge is 0.486 e. The first-order valence-corrected chi connectivity index (χ1v) is 5.71. The summed E-state index contributed by atoms with van der Waals surface area (Å²) in [5, 5.41) is 8.22. The maximum Gasteiger partial charge on any atom is 0.163 e. The molecule has 2 N–H and O–H groups in total. The normalized spacial score (nSPS) is 14.2. The SMILES string of the molecule is NCCCn1nnc2cc3c(cc21)OCCO3. The fraction of sp³-hybridized carbons (Fsp3) is 0.455. The van der Waals surface area contributed by atoms with Gasteiger partial charge in [-0.2, -0.15) is 0 Å². The number of benzene rings is 1. The Hall–Kier alpha value is -1.82. The van der Waals surface area contributed by atoms with Gasteiger partial charge in [0.05, 0.1) is 5.52 Å². The Morgan fingerprint density at radius 2 is 2.00 bits per heavy atom. The Morgan fingerprint density at radius 1 is 1.24 bits per heavy atom. The van der Waals surface area contributed by atoms with Gasteiger partial charge in [-0.1, -0.05) is 5.21 Å². The van der Waals surface area contributed by atoms with E-state index in [4.69, 9.17) is 15.2 Å². The average molecular weight is 234 g/mol. The van der Waals surface area contributed by atoms with Crippen molar-refractivity contribution >= 4 is 11.0 Å². The molecule has 1 aromatic heterocycles. The summed E-state index contributed by atoms with van der Waals surface area (Å²) in [4.78, 5) is 0. The van der Waals surface area contributed by atoms with Gasteiger partial charge in [0.25, 0.3) is 0 Å². The van der Waals surface area contributed by atoms with Gasteiger partial charge >= 0.3 is 0 Å². The van der Waals surface area contributed by atoms with Crippen molar-refractivity contribution < 1.29 is 9.47 Å². The summed E-state index contributed by atoms with van der Waals surface area (Å²) in [5.41, 5.74) is 7.28.